The molecule has 0 spiro atoms. The zero-order chi connectivity index (χ0) is 21.1. The van der Waals surface area contributed by atoms with Crippen molar-refractivity contribution in [3.63, 3.8) is 0 Å². The van der Waals surface area contributed by atoms with E-state index < -0.39 is 0 Å². The summed E-state index contributed by atoms with van der Waals surface area (Å²) in [5, 5.41) is 0. The molecule has 0 fully saturated rings. The highest BCUT2D eigenvalue weighted by molar-refractivity contribution is 9.10. The van der Waals surface area contributed by atoms with E-state index in [0.717, 1.165) is 27.0 Å². The van der Waals surface area contributed by atoms with E-state index in [1.54, 1.807) is 19.1 Å². The average Bonchev–Trinajstić information content (AvgIpc) is 3.10. The van der Waals surface area contributed by atoms with Crippen molar-refractivity contribution >= 4 is 39.3 Å². The molecule has 0 bridgehead atoms. The van der Waals surface area contributed by atoms with Gasteiger partial charge < -0.3 is 9.47 Å². The first kappa shape index (κ1) is 20.0. The van der Waals surface area contributed by atoms with Crippen LogP contribution in [0.25, 0.3) is 11.8 Å². The predicted molar refractivity (Wildman–Crippen MR) is 124 cm³/mol. The van der Waals surface area contributed by atoms with Crippen LogP contribution < -0.4 is 14.4 Å². The number of carbonyl (C=O) groups excluding carboxylic acids is 1. The van der Waals surface area contributed by atoms with Gasteiger partial charge in [0, 0.05) is 5.57 Å². The third-order valence-electron chi connectivity index (χ3n) is 4.88. The molecule has 1 amide bonds. The van der Waals surface area contributed by atoms with Crippen LogP contribution >= 0.6 is 15.9 Å². The molecule has 1 aliphatic rings. The first-order valence-electron chi connectivity index (χ1n) is 9.42. The third-order valence-corrected chi connectivity index (χ3v) is 5.50. The Morgan fingerprint density at radius 2 is 1.57 bits per heavy atom. The number of amides is 1. The molecule has 0 aromatic heterocycles. The summed E-state index contributed by atoms with van der Waals surface area (Å²) in [5.41, 5.74) is 3.97. The predicted octanol–water partition coefficient (Wildman–Crippen LogP) is 5.94. The van der Waals surface area contributed by atoms with Gasteiger partial charge in [-0.25, -0.2) is 0 Å². The van der Waals surface area contributed by atoms with Crippen LogP contribution in [0, 0.1) is 0 Å². The molecule has 0 N–H and O–H groups in total. The van der Waals surface area contributed by atoms with Crippen molar-refractivity contribution in [2.24, 2.45) is 0 Å². The lowest BCUT2D eigenvalue weighted by Gasteiger charge is -2.22. The van der Waals surface area contributed by atoms with Gasteiger partial charge in [-0.15, -0.1) is 0 Å². The molecular formula is C25H20BrNO3. The van der Waals surface area contributed by atoms with E-state index in [9.17, 15) is 4.79 Å². The number of nitrogens with zero attached hydrogens (tertiary/aromatic N) is 1. The molecule has 1 aliphatic heterocycles. The third kappa shape index (κ3) is 3.76. The van der Waals surface area contributed by atoms with Gasteiger partial charge in [0.2, 0.25) is 0 Å². The lowest BCUT2D eigenvalue weighted by molar-refractivity contribution is -0.113. The van der Waals surface area contributed by atoms with Crippen LogP contribution in [0.15, 0.2) is 88.9 Å². The Morgan fingerprint density at radius 3 is 2.27 bits per heavy atom. The van der Waals surface area contributed by atoms with E-state index in [1.165, 1.54) is 0 Å². The second-order valence-electron chi connectivity index (χ2n) is 6.70. The molecule has 4 nitrogen and oxygen atoms in total. The van der Waals surface area contributed by atoms with Crippen LogP contribution in [0.3, 0.4) is 0 Å². The van der Waals surface area contributed by atoms with Crippen LogP contribution in [0.1, 0.15) is 11.1 Å². The number of hydrogen-bond acceptors (Lipinski definition) is 3. The van der Waals surface area contributed by atoms with E-state index in [0.29, 0.717) is 17.0 Å². The molecule has 3 aromatic carbocycles. The van der Waals surface area contributed by atoms with Crippen molar-refractivity contribution in [3.8, 4) is 11.5 Å². The Hall–Kier alpha value is -3.31. The van der Waals surface area contributed by atoms with Crippen molar-refractivity contribution in [1.82, 2.24) is 0 Å². The van der Waals surface area contributed by atoms with Gasteiger partial charge in [-0.1, -0.05) is 48.5 Å². The molecule has 0 radical (unpaired) electrons. The van der Waals surface area contributed by atoms with Crippen molar-refractivity contribution in [1.29, 1.82) is 0 Å². The van der Waals surface area contributed by atoms with E-state index >= 15 is 0 Å². The molecule has 4 rings (SSSR count). The smallest absolute Gasteiger partial charge is 0.263 e. The second kappa shape index (κ2) is 8.59. The van der Waals surface area contributed by atoms with Gasteiger partial charge in [-0.3, -0.25) is 9.69 Å². The molecule has 150 valence electrons. The van der Waals surface area contributed by atoms with E-state index in [2.05, 4.69) is 15.9 Å². The number of anilines is 1. The Labute approximate surface area is 184 Å². The van der Waals surface area contributed by atoms with Gasteiger partial charge in [0.05, 0.1) is 30.1 Å². The van der Waals surface area contributed by atoms with Crippen molar-refractivity contribution in [2.75, 3.05) is 19.1 Å². The molecule has 30 heavy (non-hydrogen) atoms. The molecule has 0 saturated carbocycles. The van der Waals surface area contributed by atoms with Crippen LogP contribution in [-0.4, -0.2) is 20.1 Å². The standard InChI is InChI=1S/C25H20BrNO3/c1-29-23-13-12-17(15-20(23)26)14-19-16-22(18-8-4-3-5-9-18)27(25(19)28)21-10-6-7-11-24(21)30-2/h3-16H,1-2H3. The fourth-order valence-electron chi connectivity index (χ4n) is 3.44. The number of rotatable bonds is 5. The molecule has 0 saturated heterocycles. The van der Waals surface area contributed by atoms with Crippen LogP contribution in [0.2, 0.25) is 0 Å². The van der Waals surface area contributed by atoms with E-state index in [-0.39, 0.29) is 5.91 Å². The molecular weight excluding hydrogens is 442 g/mol. The normalized spacial score (nSPS) is 14.8. The Morgan fingerprint density at radius 1 is 0.867 bits per heavy atom. The maximum Gasteiger partial charge on any atom is 0.263 e. The summed E-state index contributed by atoms with van der Waals surface area (Å²) in [4.78, 5) is 15.2. The quantitative estimate of drug-likeness (QED) is 0.441. The SMILES string of the molecule is COc1ccc(C=C2C=C(c3ccccc3)N(c3ccccc3OC)C2=O)cc1Br. The van der Waals surface area contributed by atoms with Gasteiger partial charge in [-0.2, -0.15) is 0 Å². The number of hydrogen-bond donors (Lipinski definition) is 0. The zero-order valence-electron chi connectivity index (χ0n) is 16.6. The Bertz CT molecular complexity index is 1150. The lowest BCUT2D eigenvalue weighted by atomic mass is 10.1. The average molecular weight is 462 g/mol. The first-order valence-corrected chi connectivity index (χ1v) is 10.2. The maximum absolute atomic E-state index is 13.5. The number of ether oxygens (including phenoxy) is 2. The maximum atomic E-state index is 13.5. The zero-order valence-corrected chi connectivity index (χ0v) is 18.2. The largest absolute Gasteiger partial charge is 0.496 e. The van der Waals surface area contributed by atoms with Crippen LogP contribution in [0.4, 0.5) is 5.69 Å². The first-order chi connectivity index (χ1) is 14.6. The minimum absolute atomic E-state index is 0.106. The van der Waals surface area contributed by atoms with E-state index in [1.807, 2.05) is 84.9 Å². The minimum atomic E-state index is -0.106. The summed E-state index contributed by atoms with van der Waals surface area (Å²) in [6.07, 6.45) is 3.80. The molecule has 0 atom stereocenters. The summed E-state index contributed by atoms with van der Waals surface area (Å²) in [5.74, 6) is 1.28. The highest BCUT2D eigenvalue weighted by Crippen LogP contribution is 2.39. The van der Waals surface area contributed by atoms with Gasteiger partial charge >= 0.3 is 0 Å². The Balaban J connectivity index is 1.83. The fourth-order valence-corrected chi connectivity index (χ4v) is 4.00. The second-order valence-corrected chi connectivity index (χ2v) is 7.56. The highest BCUT2D eigenvalue weighted by atomic mass is 79.9. The summed E-state index contributed by atoms with van der Waals surface area (Å²) >= 11 is 3.51. The van der Waals surface area contributed by atoms with Crippen LogP contribution in [0.5, 0.6) is 11.5 Å². The van der Waals surface area contributed by atoms with Crippen molar-refractivity contribution in [2.45, 2.75) is 0 Å². The van der Waals surface area contributed by atoms with E-state index in [4.69, 9.17) is 9.47 Å². The molecule has 3 aromatic rings. The number of para-hydroxylation sites is 2. The fraction of sp³-hybridized carbons (Fsp3) is 0.0800. The van der Waals surface area contributed by atoms with Crippen molar-refractivity contribution in [3.05, 3.63) is 100 Å². The Kier molecular flexibility index (Phi) is 5.72. The summed E-state index contributed by atoms with van der Waals surface area (Å²) in [6, 6.07) is 23.1. The molecule has 1 heterocycles. The van der Waals surface area contributed by atoms with Gasteiger partial charge in [0.25, 0.3) is 5.91 Å². The van der Waals surface area contributed by atoms with Gasteiger partial charge in [-0.05, 0) is 63.5 Å². The molecule has 5 heteroatoms. The number of methoxy groups -OCH3 is 2. The summed E-state index contributed by atoms with van der Waals surface area (Å²) < 4.78 is 11.7. The lowest BCUT2D eigenvalue weighted by Crippen LogP contribution is -2.25. The molecule has 0 aliphatic carbocycles. The minimum Gasteiger partial charge on any atom is -0.496 e. The monoisotopic (exact) mass is 461 g/mol. The van der Waals surface area contributed by atoms with Crippen LogP contribution in [-0.2, 0) is 4.79 Å². The number of halogens is 1. The topological polar surface area (TPSA) is 38.8 Å². The number of benzene rings is 3. The van der Waals surface area contributed by atoms with Gasteiger partial charge in [0.15, 0.2) is 0 Å². The highest BCUT2D eigenvalue weighted by Gasteiger charge is 2.32. The summed E-state index contributed by atoms with van der Waals surface area (Å²) in [6.45, 7) is 0. The summed E-state index contributed by atoms with van der Waals surface area (Å²) in [7, 11) is 3.23. The molecule has 0 unspecified atom stereocenters. The number of carbonyl (C=O) groups is 1. The van der Waals surface area contributed by atoms with Gasteiger partial charge in [0.1, 0.15) is 11.5 Å². The van der Waals surface area contributed by atoms with Crippen molar-refractivity contribution < 1.29 is 14.3 Å².